The normalized spacial score (nSPS) is 11.1. The number of aryl methyl sites for hydroxylation is 1. The number of ether oxygens (including phenoxy) is 1. The summed E-state index contributed by atoms with van der Waals surface area (Å²) in [5.41, 5.74) is 8.04. The summed E-state index contributed by atoms with van der Waals surface area (Å²) < 4.78 is 6.08. The second kappa shape index (κ2) is 10.7. The van der Waals surface area contributed by atoms with Gasteiger partial charge in [0.2, 0.25) is 0 Å². The Morgan fingerprint density at radius 3 is 2.67 bits per heavy atom. The molecule has 0 fully saturated rings. The quantitative estimate of drug-likeness (QED) is 0.394. The number of halogens is 1. The van der Waals surface area contributed by atoms with Crippen LogP contribution in [0.5, 0.6) is 5.75 Å². The van der Waals surface area contributed by atoms with Gasteiger partial charge in [-0.2, -0.15) is 0 Å². The van der Waals surface area contributed by atoms with Crippen molar-refractivity contribution >= 4 is 46.2 Å². The molecule has 3 aromatic rings. The van der Waals surface area contributed by atoms with Crippen LogP contribution in [0.25, 0.3) is 0 Å². The molecule has 0 aliphatic carbocycles. The molecule has 0 aliphatic rings. The highest BCUT2D eigenvalue weighted by Crippen LogP contribution is 2.26. The van der Waals surface area contributed by atoms with E-state index in [2.05, 4.69) is 20.6 Å². The third kappa shape index (κ3) is 6.71. The maximum Gasteiger partial charge on any atom is 0.277 e. The molecule has 2 heterocycles. The van der Waals surface area contributed by atoms with E-state index in [4.69, 9.17) is 34.3 Å². The highest BCUT2D eigenvalue weighted by molar-refractivity contribution is 7.81. The van der Waals surface area contributed by atoms with Crippen LogP contribution in [0, 0.1) is 12.3 Å². The van der Waals surface area contributed by atoms with Gasteiger partial charge in [-0.05, 0) is 48.9 Å². The smallest absolute Gasteiger partial charge is 0.277 e. The van der Waals surface area contributed by atoms with Crippen LogP contribution in [0.1, 0.15) is 35.5 Å². The Hall–Kier alpha value is -3.07. The Bertz CT molecular complexity index is 1150. The number of carbonyl (C=O) groups is 1. The summed E-state index contributed by atoms with van der Waals surface area (Å²) in [6, 6.07) is 12.5. The van der Waals surface area contributed by atoms with E-state index in [-0.39, 0.29) is 11.1 Å². The Morgan fingerprint density at radius 1 is 1.18 bits per heavy atom. The van der Waals surface area contributed by atoms with Crippen molar-refractivity contribution in [3.63, 3.8) is 0 Å². The fourth-order valence-electron chi connectivity index (χ4n) is 2.77. The number of amides is 1. The van der Waals surface area contributed by atoms with Gasteiger partial charge in [0.05, 0.1) is 22.9 Å². The number of thiocarbonyl (C=S) groups is 1. The monoisotopic (exact) mass is 483 g/mol. The average molecular weight is 484 g/mol. The predicted octanol–water partition coefficient (Wildman–Crippen LogP) is 4.84. The lowest BCUT2D eigenvalue weighted by molar-refractivity contribution is 0.102. The van der Waals surface area contributed by atoms with Crippen LogP contribution >= 0.6 is 23.8 Å². The molecular weight excluding hydrogens is 458 g/mol. The summed E-state index contributed by atoms with van der Waals surface area (Å²) in [6.07, 6.45) is 2.99. The minimum Gasteiger partial charge on any atom is -0.492 e. The molecule has 0 bridgehead atoms. The highest BCUT2D eigenvalue weighted by atomic mass is 35.5. The number of rotatable bonds is 8. The lowest BCUT2D eigenvalue weighted by atomic mass is 9.95. The van der Waals surface area contributed by atoms with Gasteiger partial charge in [-0.1, -0.05) is 43.7 Å². The van der Waals surface area contributed by atoms with Gasteiger partial charge >= 0.3 is 0 Å². The number of pyridine rings is 2. The van der Waals surface area contributed by atoms with Gasteiger partial charge in [-0.3, -0.25) is 4.79 Å². The van der Waals surface area contributed by atoms with Gasteiger partial charge in [0.1, 0.15) is 16.6 Å². The van der Waals surface area contributed by atoms with E-state index < -0.39 is 5.91 Å². The standard InChI is InChI=1S/C24H26ClN5O2S/c1-15-6-8-17(19(11-15)32-14-24(2,3)13-26)23(33)29-18-5-4-10-27-21(18)22(31)30-20-9-7-16(25)12-28-20/h4-12H,13-14,26H2,1-3H3,(H,29,33)(H,28,30,31). The Kier molecular flexibility index (Phi) is 7.97. The van der Waals surface area contributed by atoms with Crippen LogP contribution in [-0.4, -0.2) is 34.0 Å². The zero-order chi connectivity index (χ0) is 24.0. The van der Waals surface area contributed by atoms with Gasteiger partial charge in [0.25, 0.3) is 5.91 Å². The van der Waals surface area contributed by atoms with Gasteiger partial charge in [-0.15, -0.1) is 0 Å². The van der Waals surface area contributed by atoms with Crippen molar-refractivity contribution in [2.75, 3.05) is 23.8 Å². The SMILES string of the molecule is Cc1ccc(C(=S)Nc2cccnc2C(=O)Nc2ccc(Cl)cn2)c(OCC(C)(C)CN)c1. The number of nitrogens with zero attached hydrogens (tertiary/aromatic N) is 2. The Balaban J connectivity index is 1.81. The Labute approximate surface area is 203 Å². The summed E-state index contributed by atoms with van der Waals surface area (Å²) in [6.45, 7) is 6.99. The van der Waals surface area contributed by atoms with Gasteiger partial charge in [-0.25, -0.2) is 9.97 Å². The van der Waals surface area contributed by atoms with Gasteiger partial charge in [0, 0.05) is 24.4 Å². The number of nitrogens with two attached hydrogens (primary N) is 1. The number of benzene rings is 1. The van der Waals surface area contributed by atoms with Crippen molar-refractivity contribution < 1.29 is 9.53 Å². The molecule has 33 heavy (non-hydrogen) atoms. The minimum absolute atomic E-state index is 0.176. The largest absolute Gasteiger partial charge is 0.492 e. The molecule has 0 saturated heterocycles. The second-order valence-electron chi connectivity index (χ2n) is 8.33. The molecule has 7 nitrogen and oxygen atoms in total. The highest BCUT2D eigenvalue weighted by Gasteiger charge is 2.20. The number of hydrogen-bond donors (Lipinski definition) is 3. The van der Waals surface area contributed by atoms with Gasteiger partial charge < -0.3 is 21.1 Å². The lowest BCUT2D eigenvalue weighted by Gasteiger charge is -2.24. The van der Waals surface area contributed by atoms with Crippen molar-refractivity contribution in [1.82, 2.24) is 9.97 Å². The summed E-state index contributed by atoms with van der Waals surface area (Å²) in [5.74, 6) is 0.579. The summed E-state index contributed by atoms with van der Waals surface area (Å²) in [5, 5.41) is 6.32. The van der Waals surface area contributed by atoms with Gasteiger partial charge in [0.15, 0.2) is 5.69 Å². The molecule has 2 aromatic heterocycles. The number of carbonyl (C=O) groups excluding carboxylic acids is 1. The first-order valence-electron chi connectivity index (χ1n) is 10.3. The maximum atomic E-state index is 12.8. The molecular formula is C24H26ClN5O2S. The third-order valence-electron chi connectivity index (χ3n) is 4.79. The molecule has 9 heteroatoms. The topological polar surface area (TPSA) is 102 Å². The predicted molar refractivity (Wildman–Crippen MR) is 136 cm³/mol. The summed E-state index contributed by atoms with van der Waals surface area (Å²) in [7, 11) is 0. The molecule has 1 amide bonds. The fourth-order valence-corrected chi connectivity index (χ4v) is 3.16. The molecule has 172 valence electrons. The molecule has 4 N–H and O–H groups in total. The zero-order valence-corrected chi connectivity index (χ0v) is 20.3. The first-order valence-corrected chi connectivity index (χ1v) is 11.1. The molecule has 1 aromatic carbocycles. The van der Waals surface area contributed by atoms with Crippen molar-refractivity contribution in [2.45, 2.75) is 20.8 Å². The summed E-state index contributed by atoms with van der Waals surface area (Å²) in [4.78, 5) is 21.5. The number of nitrogens with one attached hydrogen (secondary N) is 2. The first-order chi connectivity index (χ1) is 15.7. The summed E-state index contributed by atoms with van der Waals surface area (Å²) >= 11 is 11.5. The number of hydrogen-bond acceptors (Lipinski definition) is 6. The van der Waals surface area contributed by atoms with Crippen molar-refractivity contribution in [3.8, 4) is 5.75 Å². The van der Waals surface area contributed by atoms with Crippen molar-refractivity contribution in [1.29, 1.82) is 0 Å². The minimum atomic E-state index is -0.430. The molecule has 0 atom stereocenters. The van der Waals surface area contributed by atoms with Crippen molar-refractivity contribution in [3.05, 3.63) is 76.7 Å². The first kappa shape index (κ1) is 24.6. The average Bonchev–Trinajstić information content (AvgIpc) is 2.79. The maximum absolute atomic E-state index is 12.8. The Morgan fingerprint density at radius 2 is 1.97 bits per heavy atom. The van der Waals surface area contributed by atoms with E-state index in [0.717, 1.165) is 5.56 Å². The van der Waals surface area contributed by atoms with E-state index in [9.17, 15) is 4.79 Å². The zero-order valence-electron chi connectivity index (χ0n) is 18.7. The van der Waals surface area contributed by atoms with Crippen molar-refractivity contribution in [2.24, 2.45) is 11.1 Å². The number of aromatic nitrogens is 2. The van der Waals surface area contributed by atoms with Crippen LogP contribution in [0.4, 0.5) is 11.5 Å². The van der Waals surface area contributed by atoms with Crippen LogP contribution in [0.2, 0.25) is 5.02 Å². The van der Waals surface area contributed by atoms with Crippen LogP contribution in [0.15, 0.2) is 54.9 Å². The van der Waals surface area contributed by atoms with E-state index in [1.165, 1.54) is 12.4 Å². The van der Waals surface area contributed by atoms with Crippen LogP contribution in [0.3, 0.4) is 0 Å². The molecule has 3 rings (SSSR count). The number of anilines is 2. The lowest BCUT2D eigenvalue weighted by Crippen LogP contribution is -2.30. The van der Waals surface area contributed by atoms with E-state index in [0.29, 0.717) is 46.0 Å². The van der Waals surface area contributed by atoms with E-state index >= 15 is 0 Å². The van der Waals surface area contributed by atoms with Crippen LogP contribution < -0.4 is 21.1 Å². The van der Waals surface area contributed by atoms with E-state index in [1.54, 1.807) is 24.3 Å². The molecule has 0 spiro atoms. The van der Waals surface area contributed by atoms with E-state index in [1.807, 2.05) is 39.0 Å². The fraction of sp³-hybridized carbons (Fsp3) is 0.250. The second-order valence-corrected chi connectivity index (χ2v) is 9.17. The molecule has 0 radical (unpaired) electrons. The molecule has 0 saturated carbocycles. The molecule has 0 aliphatic heterocycles. The third-order valence-corrected chi connectivity index (χ3v) is 5.34. The van der Waals surface area contributed by atoms with Crippen LogP contribution in [-0.2, 0) is 0 Å². The molecule has 0 unspecified atom stereocenters.